The summed E-state index contributed by atoms with van der Waals surface area (Å²) in [5, 5.41) is 12.5. The zero-order valence-electron chi connectivity index (χ0n) is 12.6. The van der Waals surface area contributed by atoms with Crippen LogP contribution in [0.2, 0.25) is 0 Å². The Morgan fingerprint density at radius 1 is 1.23 bits per heavy atom. The van der Waals surface area contributed by atoms with E-state index in [0.717, 1.165) is 19.6 Å². The lowest BCUT2D eigenvalue weighted by Gasteiger charge is -2.18. The summed E-state index contributed by atoms with van der Waals surface area (Å²) in [6.07, 6.45) is 3.16. The molecule has 0 unspecified atom stereocenters. The van der Waals surface area contributed by atoms with Gasteiger partial charge in [-0.2, -0.15) is 5.26 Å². The fraction of sp³-hybridized carbons (Fsp3) is 0.353. The maximum absolute atomic E-state index is 9.10. The molecule has 1 aliphatic heterocycles. The lowest BCUT2D eigenvalue weighted by molar-refractivity contribution is 0.319. The lowest BCUT2D eigenvalue weighted by Crippen LogP contribution is -2.28. The van der Waals surface area contributed by atoms with Gasteiger partial charge in [-0.05, 0) is 11.5 Å². The summed E-state index contributed by atoms with van der Waals surface area (Å²) in [7, 11) is 0. The number of anilines is 1. The Morgan fingerprint density at radius 3 is 2.77 bits per heavy atom. The molecule has 0 saturated carbocycles. The van der Waals surface area contributed by atoms with Gasteiger partial charge in [-0.15, -0.1) is 0 Å². The molecule has 0 amide bonds. The van der Waals surface area contributed by atoms with Crippen molar-refractivity contribution in [2.45, 2.75) is 19.5 Å². The standard InChI is InChI=1S/C17H19N5/c1-13-10-22(11-14-5-3-2-4-6-14)12-16(13)21-17-15(9-18)19-7-8-20-17/h2-8,13,16H,10-12H2,1H3,(H,20,21)/t13-,16+/m1/s1. The van der Waals surface area contributed by atoms with Gasteiger partial charge in [0.25, 0.3) is 0 Å². The van der Waals surface area contributed by atoms with E-state index >= 15 is 0 Å². The first kappa shape index (κ1) is 14.5. The van der Waals surface area contributed by atoms with Crippen molar-refractivity contribution < 1.29 is 0 Å². The molecule has 3 rings (SSSR count). The van der Waals surface area contributed by atoms with Crippen LogP contribution in [0.4, 0.5) is 5.82 Å². The van der Waals surface area contributed by atoms with Gasteiger partial charge in [0, 0.05) is 38.1 Å². The Bertz CT molecular complexity index is 664. The minimum Gasteiger partial charge on any atom is -0.363 e. The van der Waals surface area contributed by atoms with Crippen molar-refractivity contribution in [1.29, 1.82) is 5.26 Å². The van der Waals surface area contributed by atoms with Crippen LogP contribution in [0.15, 0.2) is 42.7 Å². The van der Waals surface area contributed by atoms with Crippen LogP contribution in [0.1, 0.15) is 18.2 Å². The number of likely N-dealkylation sites (tertiary alicyclic amines) is 1. The predicted octanol–water partition coefficient (Wildman–Crippen LogP) is 2.28. The van der Waals surface area contributed by atoms with Gasteiger partial charge in [-0.25, -0.2) is 9.97 Å². The third-order valence-corrected chi connectivity index (χ3v) is 4.06. The van der Waals surface area contributed by atoms with Crippen LogP contribution in [0, 0.1) is 17.2 Å². The third kappa shape index (κ3) is 3.23. The molecular formula is C17H19N5. The summed E-state index contributed by atoms with van der Waals surface area (Å²) in [5.74, 6) is 1.08. The average molecular weight is 293 g/mol. The molecule has 1 aliphatic rings. The molecule has 5 heteroatoms. The highest BCUT2D eigenvalue weighted by molar-refractivity contribution is 5.47. The normalized spacial score (nSPS) is 21.5. The molecule has 0 bridgehead atoms. The lowest BCUT2D eigenvalue weighted by atomic mass is 10.1. The molecule has 1 aromatic heterocycles. The van der Waals surface area contributed by atoms with Gasteiger partial charge in [0.05, 0.1) is 0 Å². The summed E-state index contributed by atoms with van der Waals surface area (Å²) in [5.41, 5.74) is 1.68. The molecule has 22 heavy (non-hydrogen) atoms. The van der Waals surface area contributed by atoms with Crippen LogP contribution in [0.25, 0.3) is 0 Å². The fourth-order valence-corrected chi connectivity index (χ4v) is 2.93. The highest BCUT2D eigenvalue weighted by Gasteiger charge is 2.30. The smallest absolute Gasteiger partial charge is 0.182 e. The number of hydrogen-bond acceptors (Lipinski definition) is 5. The SMILES string of the molecule is C[C@@H]1CN(Cc2ccccc2)C[C@@H]1Nc1nccnc1C#N. The van der Waals surface area contributed by atoms with Gasteiger partial charge < -0.3 is 5.32 Å². The van der Waals surface area contributed by atoms with E-state index < -0.39 is 0 Å². The van der Waals surface area contributed by atoms with E-state index in [1.54, 1.807) is 12.4 Å². The minimum atomic E-state index is 0.285. The second-order valence-corrected chi connectivity index (χ2v) is 5.77. The van der Waals surface area contributed by atoms with E-state index in [0.29, 0.717) is 17.4 Å². The van der Waals surface area contributed by atoms with Gasteiger partial charge in [0.2, 0.25) is 0 Å². The van der Waals surface area contributed by atoms with Crippen molar-refractivity contribution in [2.24, 2.45) is 5.92 Å². The number of nitrogens with zero attached hydrogens (tertiary/aromatic N) is 4. The Labute approximate surface area is 130 Å². The Hall–Kier alpha value is -2.45. The maximum Gasteiger partial charge on any atom is 0.182 e. The van der Waals surface area contributed by atoms with Crippen LogP contribution in [0.5, 0.6) is 0 Å². The molecule has 1 saturated heterocycles. The predicted molar refractivity (Wildman–Crippen MR) is 85.0 cm³/mol. The zero-order valence-corrected chi connectivity index (χ0v) is 12.6. The highest BCUT2D eigenvalue weighted by atomic mass is 15.2. The summed E-state index contributed by atoms with van der Waals surface area (Å²) in [6, 6.07) is 12.9. The van der Waals surface area contributed by atoms with Gasteiger partial charge in [0.15, 0.2) is 11.5 Å². The topological polar surface area (TPSA) is 64.8 Å². The van der Waals surface area contributed by atoms with Crippen molar-refractivity contribution in [2.75, 3.05) is 18.4 Å². The fourth-order valence-electron chi connectivity index (χ4n) is 2.93. The summed E-state index contributed by atoms with van der Waals surface area (Å²) in [6.45, 7) is 5.16. The zero-order chi connectivity index (χ0) is 15.4. The molecule has 1 aromatic carbocycles. The van der Waals surface area contributed by atoms with Crippen LogP contribution >= 0.6 is 0 Å². The molecule has 2 heterocycles. The molecule has 0 spiro atoms. The quantitative estimate of drug-likeness (QED) is 0.937. The number of aromatic nitrogens is 2. The molecule has 0 aliphatic carbocycles. The average Bonchev–Trinajstić information content (AvgIpc) is 2.88. The molecule has 112 valence electrons. The Balaban J connectivity index is 1.65. The molecule has 1 fully saturated rings. The van der Waals surface area contributed by atoms with Crippen LogP contribution in [-0.4, -0.2) is 34.0 Å². The first-order valence-corrected chi connectivity index (χ1v) is 7.50. The highest BCUT2D eigenvalue weighted by Crippen LogP contribution is 2.22. The molecule has 0 radical (unpaired) electrons. The van der Waals surface area contributed by atoms with E-state index in [2.05, 4.69) is 57.4 Å². The molecule has 5 nitrogen and oxygen atoms in total. The van der Waals surface area contributed by atoms with E-state index in [-0.39, 0.29) is 6.04 Å². The maximum atomic E-state index is 9.10. The van der Waals surface area contributed by atoms with E-state index in [9.17, 15) is 0 Å². The van der Waals surface area contributed by atoms with Gasteiger partial charge >= 0.3 is 0 Å². The number of rotatable bonds is 4. The summed E-state index contributed by atoms with van der Waals surface area (Å²) >= 11 is 0. The number of hydrogen-bond donors (Lipinski definition) is 1. The molecule has 2 aromatic rings. The monoisotopic (exact) mass is 293 g/mol. The van der Waals surface area contributed by atoms with Crippen LogP contribution in [-0.2, 0) is 6.54 Å². The second-order valence-electron chi connectivity index (χ2n) is 5.77. The number of benzene rings is 1. The Morgan fingerprint density at radius 2 is 2.00 bits per heavy atom. The first-order valence-electron chi connectivity index (χ1n) is 7.50. The second kappa shape index (κ2) is 6.54. The number of nitriles is 1. The van der Waals surface area contributed by atoms with Crippen LogP contribution < -0.4 is 5.32 Å². The first-order chi connectivity index (χ1) is 10.8. The molecule has 1 N–H and O–H groups in total. The summed E-state index contributed by atoms with van der Waals surface area (Å²) in [4.78, 5) is 10.7. The van der Waals surface area contributed by atoms with Gasteiger partial charge in [0.1, 0.15) is 6.07 Å². The summed E-state index contributed by atoms with van der Waals surface area (Å²) < 4.78 is 0. The third-order valence-electron chi connectivity index (χ3n) is 4.06. The Kier molecular flexibility index (Phi) is 4.31. The van der Waals surface area contributed by atoms with Crippen molar-refractivity contribution in [3.63, 3.8) is 0 Å². The minimum absolute atomic E-state index is 0.285. The van der Waals surface area contributed by atoms with Gasteiger partial charge in [-0.3, -0.25) is 4.90 Å². The number of nitrogens with one attached hydrogen (secondary N) is 1. The van der Waals surface area contributed by atoms with E-state index in [1.165, 1.54) is 5.56 Å². The van der Waals surface area contributed by atoms with Crippen molar-refractivity contribution in [3.05, 3.63) is 54.0 Å². The van der Waals surface area contributed by atoms with Crippen LogP contribution in [0.3, 0.4) is 0 Å². The molecular weight excluding hydrogens is 274 g/mol. The molecule has 2 atom stereocenters. The van der Waals surface area contributed by atoms with E-state index in [1.807, 2.05) is 6.07 Å². The van der Waals surface area contributed by atoms with Crippen molar-refractivity contribution in [3.8, 4) is 6.07 Å². The van der Waals surface area contributed by atoms with E-state index in [4.69, 9.17) is 5.26 Å². The van der Waals surface area contributed by atoms with Gasteiger partial charge in [-0.1, -0.05) is 37.3 Å². The largest absolute Gasteiger partial charge is 0.363 e. The van der Waals surface area contributed by atoms with Crippen molar-refractivity contribution in [1.82, 2.24) is 14.9 Å². The van der Waals surface area contributed by atoms with Crippen molar-refractivity contribution >= 4 is 5.82 Å².